The molecule has 1 aliphatic heterocycles. The van der Waals surface area contributed by atoms with Crippen molar-refractivity contribution in [1.82, 2.24) is 0 Å². The van der Waals surface area contributed by atoms with Gasteiger partial charge < -0.3 is 14.2 Å². The topological polar surface area (TPSA) is 96.0 Å². The van der Waals surface area contributed by atoms with E-state index in [1.165, 1.54) is 25.2 Å². The summed E-state index contributed by atoms with van der Waals surface area (Å²) in [7, 11) is 0. The van der Waals surface area contributed by atoms with Gasteiger partial charge in [0.05, 0.1) is 6.42 Å². The fourth-order valence-corrected chi connectivity index (χ4v) is 1.98. The molecule has 0 N–H and O–H groups in total. The minimum absolute atomic E-state index is 0.133. The summed E-state index contributed by atoms with van der Waals surface area (Å²) in [5.41, 5.74) is 0. The zero-order chi connectivity index (χ0) is 18.8. The number of hydrogen-bond acceptors (Lipinski definition) is 7. The Bertz CT molecular complexity index is 588. The van der Waals surface area contributed by atoms with E-state index in [2.05, 4.69) is 6.58 Å². The first-order chi connectivity index (χ1) is 11.8. The average Bonchev–Trinajstić information content (AvgIpc) is 2.51. The molecule has 0 saturated heterocycles. The number of carbonyl (C=O) groups is 4. The Morgan fingerprint density at radius 2 is 1.72 bits per heavy atom. The lowest BCUT2D eigenvalue weighted by atomic mass is 10.2. The van der Waals surface area contributed by atoms with Crippen LogP contribution in [0.3, 0.4) is 0 Å². The Kier molecular flexibility index (Phi) is 8.32. The van der Waals surface area contributed by atoms with E-state index >= 15 is 0 Å². The maximum atomic E-state index is 11.9. The van der Waals surface area contributed by atoms with Crippen molar-refractivity contribution in [2.24, 2.45) is 0 Å². The van der Waals surface area contributed by atoms with E-state index in [1.807, 2.05) is 0 Å². The maximum absolute atomic E-state index is 11.9. The lowest BCUT2D eigenvalue weighted by Gasteiger charge is -2.17. The molecule has 1 rings (SSSR count). The molecule has 0 radical (unpaired) electrons. The van der Waals surface area contributed by atoms with Crippen molar-refractivity contribution in [2.75, 3.05) is 0 Å². The van der Waals surface area contributed by atoms with Gasteiger partial charge in [-0.3, -0.25) is 9.59 Å². The molecule has 25 heavy (non-hydrogen) atoms. The Hall–Kier alpha value is -2.70. The largest absolute Gasteiger partial charge is 0.462 e. The van der Waals surface area contributed by atoms with E-state index < -0.39 is 42.0 Å². The Labute approximate surface area is 146 Å². The first-order valence-corrected chi connectivity index (χ1v) is 7.92. The lowest BCUT2D eigenvalue weighted by Crippen LogP contribution is -2.25. The molecular weight excluding hydrogens is 328 g/mol. The van der Waals surface area contributed by atoms with Crippen LogP contribution in [0, 0.1) is 0 Å². The summed E-state index contributed by atoms with van der Waals surface area (Å²) in [6.07, 6.45) is 4.29. The summed E-state index contributed by atoms with van der Waals surface area (Å²) in [4.78, 5) is 47.1. The normalized spacial score (nSPS) is 29.1. The third kappa shape index (κ3) is 8.10. The van der Waals surface area contributed by atoms with Crippen LogP contribution in [-0.2, 0) is 33.4 Å². The Morgan fingerprint density at radius 1 is 1.04 bits per heavy atom. The lowest BCUT2D eigenvalue weighted by molar-refractivity contribution is -0.154. The number of ketones is 1. The van der Waals surface area contributed by atoms with E-state index in [9.17, 15) is 19.2 Å². The van der Waals surface area contributed by atoms with Gasteiger partial charge in [-0.2, -0.15) is 0 Å². The highest BCUT2D eigenvalue weighted by molar-refractivity contribution is 5.99. The van der Waals surface area contributed by atoms with Crippen molar-refractivity contribution in [3.8, 4) is 0 Å². The third-order valence-electron chi connectivity index (χ3n) is 3.24. The molecule has 0 aromatic carbocycles. The van der Waals surface area contributed by atoms with Gasteiger partial charge in [0.2, 0.25) is 0 Å². The number of esters is 3. The molecule has 1 unspecified atom stereocenters. The molecule has 0 saturated carbocycles. The van der Waals surface area contributed by atoms with Crippen molar-refractivity contribution in [3.05, 3.63) is 37.0 Å². The van der Waals surface area contributed by atoms with Gasteiger partial charge in [0, 0.05) is 25.0 Å². The van der Waals surface area contributed by atoms with Gasteiger partial charge in [0.25, 0.3) is 0 Å². The summed E-state index contributed by atoms with van der Waals surface area (Å²) in [6, 6.07) is 0. The molecule has 0 fully saturated rings. The standard InChI is InChI=1S/C18H22O7/c1-4-6-14-11-18(22)23-12(2)7-5-8-16(20)24-13(3)15(19)9-10-17(21)25-14/h4-5,8-10,12-14H,1,6-7,11H2,2-3H3/b8-5+,10-9+/t12-,13-,14?/m0/s1. The summed E-state index contributed by atoms with van der Waals surface area (Å²) in [6.45, 7) is 6.62. The smallest absolute Gasteiger partial charge is 0.331 e. The zero-order valence-electron chi connectivity index (χ0n) is 14.3. The van der Waals surface area contributed by atoms with E-state index in [-0.39, 0.29) is 12.8 Å². The maximum Gasteiger partial charge on any atom is 0.331 e. The molecule has 1 heterocycles. The molecule has 0 spiro atoms. The summed E-state index contributed by atoms with van der Waals surface area (Å²) >= 11 is 0. The molecule has 0 amide bonds. The number of rotatable bonds is 2. The highest BCUT2D eigenvalue weighted by Crippen LogP contribution is 2.10. The monoisotopic (exact) mass is 350 g/mol. The van der Waals surface area contributed by atoms with Gasteiger partial charge in [-0.25, -0.2) is 9.59 Å². The van der Waals surface area contributed by atoms with Crippen molar-refractivity contribution in [2.45, 2.75) is 51.4 Å². The molecule has 7 nitrogen and oxygen atoms in total. The van der Waals surface area contributed by atoms with Gasteiger partial charge in [0.15, 0.2) is 11.9 Å². The number of ether oxygens (including phenoxy) is 3. The minimum atomic E-state index is -1.03. The molecule has 136 valence electrons. The molecule has 7 heteroatoms. The van der Waals surface area contributed by atoms with Crippen LogP contribution in [0.2, 0.25) is 0 Å². The molecule has 0 aromatic heterocycles. The molecule has 1 aliphatic rings. The van der Waals surface area contributed by atoms with Gasteiger partial charge in [-0.1, -0.05) is 12.2 Å². The van der Waals surface area contributed by atoms with Crippen LogP contribution in [0.15, 0.2) is 37.0 Å². The van der Waals surface area contributed by atoms with Gasteiger partial charge in [-0.05, 0) is 19.9 Å². The first kappa shape index (κ1) is 20.3. The molecule has 0 aliphatic carbocycles. The van der Waals surface area contributed by atoms with Crippen molar-refractivity contribution >= 4 is 23.7 Å². The molecule has 0 bridgehead atoms. The average molecular weight is 350 g/mol. The van der Waals surface area contributed by atoms with Crippen LogP contribution in [-0.4, -0.2) is 42.0 Å². The minimum Gasteiger partial charge on any atom is -0.462 e. The van der Waals surface area contributed by atoms with Crippen LogP contribution >= 0.6 is 0 Å². The quantitative estimate of drug-likeness (QED) is 0.426. The van der Waals surface area contributed by atoms with Crippen LogP contribution in [0.5, 0.6) is 0 Å². The summed E-state index contributed by atoms with van der Waals surface area (Å²) < 4.78 is 15.2. The van der Waals surface area contributed by atoms with E-state index in [0.717, 1.165) is 12.2 Å². The second-order valence-corrected chi connectivity index (χ2v) is 5.54. The SMILES string of the molecule is C=CCC1CC(=O)O[C@@H](C)C/C=C/C(=O)O[C@@H](C)C(=O)/C=C/C(=O)O1. The number of cyclic esters (lactones) is 3. The number of carbonyl (C=O) groups excluding carboxylic acids is 4. The number of hydrogen-bond donors (Lipinski definition) is 0. The predicted molar refractivity (Wildman–Crippen MR) is 88.3 cm³/mol. The van der Waals surface area contributed by atoms with Crippen LogP contribution in [0.4, 0.5) is 0 Å². The Morgan fingerprint density at radius 3 is 2.40 bits per heavy atom. The van der Waals surface area contributed by atoms with Gasteiger partial charge in [0.1, 0.15) is 12.2 Å². The molecular formula is C18H22O7. The highest BCUT2D eigenvalue weighted by Gasteiger charge is 2.20. The van der Waals surface area contributed by atoms with Gasteiger partial charge >= 0.3 is 17.9 Å². The van der Waals surface area contributed by atoms with Crippen LogP contribution in [0.1, 0.15) is 33.1 Å². The summed E-state index contributed by atoms with van der Waals surface area (Å²) in [5, 5.41) is 0. The molecule has 3 atom stereocenters. The second-order valence-electron chi connectivity index (χ2n) is 5.54. The van der Waals surface area contributed by atoms with E-state index in [4.69, 9.17) is 14.2 Å². The summed E-state index contributed by atoms with van der Waals surface area (Å²) in [5.74, 6) is -2.58. The first-order valence-electron chi connectivity index (χ1n) is 7.92. The van der Waals surface area contributed by atoms with E-state index in [0.29, 0.717) is 6.42 Å². The van der Waals surface area contributed by atoms with Gasteiger partial charge in [-0.15, -0.1) is 6.58 Å². The van der Waals surface area contributed by atoms with E-state index in [1.54, 1.807) is 6.92 Å². The fraction of sp³-hybridized carbons (Fsp3) is 0.444. The van der Waals surface area contributed by atoms with Crippen molar-refractivity contribution in [3.63, 3.8) is 0 Å². The van der Waals surface area contributed by atoms with Crippen LogP contribution < -0.4 is 0 Å². The molecule has 0 aromatic rings. The van der Waals surface area contributed by atoms with Crippen molar-refractivity contribution < 1.29 is 33.4 Å². The highest BCUT2D eigenvalue weighted by atomic mass is 16.6. The van der Waals surface area contributed by atoms with Crippen molar-refractivity contribution in [1.29, 1.82) is 0 Å². The second kappa shape index (κ2) is 10.2. The zero-order valence-corrected chi connectivity index (χ0v) is 14.3. The predicted octanol–water partition coefficient (Wildman–Crippen LogP) is 1.81. The third-order valence-corrected chi connectivity index (χ3v) is 3.24. The van der Waals surface area contributed by atoms with Crippen LogP contribution in [0.25, 0.3) is 0 Å². The fourth-order valence-electron chi connectivity index (χ4n) is 1.98. The Balaban J connectivity index is 2.93.